The molecule has 0 spiro atoms. The van der Waals surface area contributed by atoms with Gasteiger partial charge in [-0.1, -0.05) is 6.92 Å². The molecule has 0 unspecified atom stereocenters. The highest BCUT2D eigenvalue weighted by Gasteiger charge is 2.24. The van der Waals surface area contributed by atoms with Crippen LogP contribution in [0.15, 0.2) is 18.6 Å². The minimum absolute atomic E-state index is 0.0174. The molecular formula is C18H24N6O3. The summed E-state index contributed by atoms with van der Waals surface area (Å²) in [6.45, 7) is 4.65. The zero-order valence-electron chi connectivity index (χ0n) is 15.9. The Bertz CT molecular complexity index is 817. The van der Waals surface area contributed by atoms with Gasteiger partial charge in [0.05, 0.1) is 30.1 Å². The van der Waals surface area contributed by atoms with E-state index in [0.717, 1.165) is 25.1 Å². The Balaban J connectivity index is 1.68. The third kappa shape index (κ3) is 3.91. The quantitative estimate of drug-likeness (QED) is 0.737. The first-order valence-electron chi connectivity index (χ1n) is 9.00. The number of anilines is 1. The van der Waals surface area contributed by atoms with E-state index in [0.29, 0.717) is 36.7 Å². The molecule has 0 saturated carbocycles. The second kappa shape index (κ2) is 8.15. The van der Waals surface area contributed by atoms with Gasteiger partial charge in [0.15, 0.2) is 0 Å². The van der Waals surface area contributed by atoms with Gasteiger partial charge in [-0.3, -0.25) is 9.48 Å². The molecule has 1 aliphatic rings. The molecule has 9 heteroatoms. The van der Waals surface area contributed by atoms with Crippen LogP contribution in [0.1, 0.15) is 39.8 Å². The first-order valence-corrected chi connectivity index (χ1v) is 9.00. The highest BCUT2D eigenvalue weighted by Crippen LogP contribution is 2.16. The molecule has 1 saturated heterocycles. The van der Waals surface area contributed by atoms with E-state index >= 15 is 0 Å². The lowest BCUT2D eigenvalue weighted by atomic mass is 10.2. The molecule has 3 heterocycles. The number of amides is 1. The van der Waals surface area contributed by atoms with Crippen LogP contribution in [0, 0.1) is 0 Å². The van der Waals surface area contributed by atoms with Gasteiger partial charge in [-0.15, -0.1) is 0 Å². The van der Waals surface area contributed by atoms with Crippen molar-refractivity contribution in [3.8, 4) is 0 Å². The van der Waals surface area contributed by atoms with Crippen LogP contribution in [0.4, 0.5) is 5.95 Å². The van der Waals surface area contributed by atoms with Crippen molar-refractivity contribution in [2.45, 2.75) is 19.8 Å². The van der Waals surface area contributed by atoms with Crippen molar-refractivity contribution < 1.29 is 14.3 Å². The van der Waals surface area contributed by atoms with Gasteiger partial charge in [0, 0.05) is 45.6 Å². The van der Waals surface area contributed by atoms with Crippen LogP contribution in [0.5, 0.6) is 0 Å². The average Bonchev–Trinajstić information content (AvgIpc) is 2.91. The topological polar surface area (TPSA) is 93.5 Å². The van der Waals surface area contributed by atoms with Crippen LogP contribution < -0.4 is 4.90 Å². The van der Waals surface area contributed by atoms with Crippen LogP contribution in [0.3, 0.4) is 0 Å². The zero-order valence-corrected chi connectivity index (χ0v) is 15.9. The molecule has 1 aliphatic heterocycles. The molecule has 144 valence electrons. The van der Waals surface area contributed by atoms with Gasteiger partial charge in [0.2, 0.25) is 5.95 Å². The van der Waals surface area contributed by atoms with E-state index in [4.69, 9.17) is 0 Å². The van der Waals surface area contributed by atoms with E-state index in [1.165, 1.54) is 19.5 Å². The van der Waals surface area contributed by atoms with Crippen molar-refractivity contribution in [2.75, 3.05) is 38.2 Å². The first-order chi connectivity index (χ1) is 13.0. The molecule has 9 nitrogen and oxygen atoms in total. The second-order valence-corrected chi connectivity index (χ2v) is 6.38. The number of hydrogen-bond donors (Lipinski definition) is 0. The Labute approximate surface area is 157 Å². The number of hydrogen-bond acceptors (Lipinski definition) is 7. The summed E-state index contributed by atoms with van der Waals surface area (Å²) in [5, 5.41) is 4.22. The predicted octanol–water partition coefficient (Wildman–Crippen LogP) is 0.912. The highest BCUT2D eigenvalue weighted by molar-refractivity contribution is 5.95. The van der Waals surface area contributed by atoms with Gasteiger partial charge in [-0.25, -0.2) is 14.8 Å². The molecule has 0 radical (unpaired) electrons. The van der Waals surface area contributed by atoms with Gasteiger partial charge in [-0.2, -0.15) is 5.10 Å². The van der Waals surface area contributed by atoms with Crippen LogP contribution >= 0.6 is 0 Å². The van der Waals surface area contributed by atoms with Crippen LogP contribution in [0.2, 0.25) is 0 Å². The standard InChI is InChI=1S/C18H24N6O3/c1-4-15-14(12-21-22(15)2)16(25)23-6-5-7-24(9-8-23)18-19-10-13(11-20-18)17(26)27-3/h10-12H,4-9H2,1-3H3. The number of carbonyl (C=O) groups is 2. The number of ether oxygens (including phenoxy) is 1. The monoisotopic (exact) mass is 372 g/mol. The Morgan fingerprint density at radius 2 is 1.85 bits per heavy atom. The molecule has 27 heavy (non-hydrogen) atoms. The molecule has 2 aromatic heterocycles. The second-order valence-electron chi connectivity index (χ2n) is 6.38. The Morgan fingerprint density at radius 3 is 2.52 bits per heavy atom. The number of aromatic nitrogens is 4. The first kappa shape index (κ1) is 18.8. The molecule has 0 N–H and O–H groups in total. The molecular weight excluding hydrogens is 348 g/mol. The van der Waals surface area contributed by atoms with Crippen LogP contribution in [-0.4, -0.2) is 69.8 Å². The maximum Gasteiger partial charge on any atom is 0.341 e. The smallest absolute Gasteiger partial charge is 0.341 e. The van der Waals surface area contributed by atoms with E-state index in [1.807, 2.05) is 23.8 Å². The fourth-order valence-corrected chi connectivity index (χ4v) is 3.26. The Hall–Kier alpha value is -2.97. The van der Waals surface area contributed by atoms with Gasteiger partial charge in [0.1, 0.15) is 0 Å². The third-order valence-corrected chi connectivity index (χ3v) is 4.75. The highest BCUT2D eigenvalue weighted by atomic mass is 16.5. The summed E-state index contributed by atoms with van der Waals surface area (Å²) in [6.07, 6.45) is 6.16. The fraction of sp³-hybridized carbons (Fsp3) is 0.500. The SMILES string of the molecule is CCc1c(C(=O)N2CCCN(c3ncc(C(=O)OC)cn3)CC2)cnn1C. The number of nitrogens with zero attached hydrogens (tertiary/aromatic N) is 6. The van der Waals surface area contributed by atoms with Crippen molar-refractivity contribution in [1.29, 1.82) is 0 Å². The zero-order chi connectivity index (χ0) is 19.4. The lowest BCUT2D eigenvalue weighted by Gasteiger charge is -2.22. The Kier molecular flexibility index (Phi) is 5.68. The summed E-state index contributed by atoms with van der Waals surface area (Å²) in [5.74, 6) is 0.105. The fourth-order valence-electron chi connectivity index (χ4n) is 3.26. The molecule has 1 fully saturated rings. The average molecular weight is 372 g/mol. The van der Waals surface area contributed by atoms with Crippen molar-refractivity contribution >= 4 is 17.8 Å². The lowest BCUT2D eigenvalue weighted by molar-refractivity contribution is 0.0599. The molecule has 3 rings (SSSR count). The van der Waals surface area contributed by atoms with E-state index in [1.54, 1.807) is 10.9 Å². The molecule has 0 atom stereocenters. The summed E-state index contributed by atoms with van der Waals surface area (Å²) in [5.41, 5.74) is 1.94. The minimum Gasteiger partial charge on any atom is -0.465 e. The number of esters is 1. The van der Waals surface area contributed by atoms with Gasteiger partial charge >= 0.3 is 5.97 Å². The largest absolute Gasteiger partial charge is 0.465 e. The third-order valence-electron chi connectivity index (χ3n) is 4.75. The summed E-state index contributed by atoms with van der Waals surface area (Å²) in [4.78, 5) is 36.8. The molecule has 1 amide bonds. The van der Waals surface area contributed by atoms with Gasteiger partial charge in [-0.05, 0) is 12.8 Å². The Morgan fingerprint density at radius 1 is 1.11 bits per heavy atom. The van der Waals surface area contributed by atoms with Crippen molar-refractivity contribution in [3.05, 3.63) is 35.4 Å². The summed E-state index contributed by atoms with van der Waals surface area (Å²) < 4.78 is 6.42. The van der Waals surface area contributed by atoms with Gasteiger partial charge in [0.25, 0.3) is 5.91 Å². The number of aryl methyl sites for hydroxylation is 1. The summed E-state index contributed by atoms with van der Waals surface area (Å²) in [7, 11) is 3.18. The van der Waals surface area contributed by atoms with Crippen molar-refractivity contribution in [2.24, 2.45) is 7.05 Å². The summed E-state index contributed by atoms with van der Waals surface area (Å²) >= 11 is 0. The lowest BCUT2D eigenvalue weighted by Crippen LogP contribution is -2.36. The normalized spacial score (nSPS) is 14.8. The van der Waals surface area contributed by atoms with Crippen molar-refractivity contribution in [1.82, 2.24) is 24.6 Å². The number of rotatable bonds is 4. The minimum atomic E-state index is -0.461. The maximum atomic E-state index is 12.9. The number of methoxy groups -OCH3 is 1. The molecule has 0 aliphatic carbocycles. The molecule has 0 bridgehead atoms. The van der Waals surface area contributed by atoms with E-state index < -0.39 is 5.97 Å². The van der Waals surface area contributed by atoms with E-state index in [2.05, 4.69) is 19.8 Å². The van der Waals surface area contributed by atoms with Crippen LogP contribution in [0.25, 0.3) is 0 Å². The van der Waals surface area contributed by atoms with E-state index in [-0.39, 0.29) is 5.91 Å². The van der Waals surface area contributed by atoms with Gasteiger partial charge < -0.3 is 14.5 Å². The molecule has 0 aromatic carbocycles. The van der Waals surface area contributed by atoms with E-state index in [9.17, 15) is 9.59 Å². The maximum absolute atomic E-state index is 12.9. The van der Waals surface area contributed by atoms with Crippen LogP contribution in [-0.2, 0) is 18.2 Å². The van der Waals surface area contributed by atoms with Crippen molar-refractivity contribution in [3.63, 3.8) is 0 Å². The predicted molar refractivity (Wildman–Crippen MR) is 98.7 cm³/mol. The molecule has 2 aromatic rings. The summed E-state index contributed by atoms with van der Waals surface area (Å²) in [6, 6.07) is 0. The number of carbonyl (C=O) groups excluding carboxylic acids is 2.